The smallest absolute Gasteiger partial charge is 0.132 e. The van der Waals surface area contributed by atoms with Gasteiger partial charge < -0.3 is 0 Å². The molecule has 31 heavy (non-hydrogen) atoms. The van der Waals surface area contributed by atoms with Crippen LogP contribution in [0.4, 0.5) is 8.78 Å². The standard InChI is InChI=1S/C25H33F2N.C2H3N/c1-3-23(28(2)18-20-7-5-4-6-8-20)15-11-19-9-12-21(13-10-19)22-14-16-24(26)25(27)17-22;1-2-3/h4-10,12-13,22-25H,3,11,14-18H2,1-2H3;1H3. The normalized spacial score (nSPS) is 21.6. The highest BCUT2D eigenvalue weighted by molar-refractivity contribution is 5.26. The third kappa shape index (κ3) is 8.07. The van der Waals surface area contributed by atoms with E-state index in [9.17, 15) is 8.78 Å². The second-order valence-corrected chi connectivity index (χ2v) is 8.51. The highest BCUT2D eigenvalue weighted by Gasteiger charge is 2.31. The highest BCUT2D eigenvalue weighted by Crippen LogP contribution is 2.35. The largest absolute Gasteiger partial charge is 0.299 e. The van der Waals surface area contributed by atoms with Crippen LogP contribution >= 0.6 is 0 Å². The minimum absolute atomic E-state index is 0.163. The van der Waals surface area contributed by atoms with E-state index in [2.05, 4.69) is 73.5 Å². The molecule has 4 atom stereocenters. The molecule has 0 saturated heterocycles. The molecule has 0 heterocycles. The van der Waals surface area contributed by atoms with Gasteiger partial charge in [0.05, 0.1) is 6.07 Å². The Balaban J connectivity index is 0.00000107. The van der Waals surface area contributed by atoms with Gasteiger partial charge in [-0.25, -0.2) is 8.78 Å². The van der Waals surface area contributed by atoms with Crippen molar-refractivity contribution in [3.05, 3.63) is 71.3 Å². The fourth-order valence-electron chi connectivity index (χ4n) is 4.41. The van der Waals surface area contributed by atoms with Crippen molar-refractivity contribution in [3.63, 3.8) is 0 Å². The summed E-state index contributed by atoms with van der Waals surface area (Å²) < 4.78 is 27.1. The van der Waals surface area contributed by atoms with Crippen molar-refractivity contribution >= 4 is 0 Å². The number of hydrogen-bond donors (Lipinski definition) is 0. The summed E-state index contributed by atoms with van der Waals surface area (Å²) in [5.41, 5.74) is 3.83. The van der Waals surface area contributed by atoms with E-state index < -0.39 is 12.3 Å². The average Bonchev–Trinajstić information content (AvgIpc) is 2.78. The summed E-state index contributed by atoms with van der Waals surface area (Å²) in [6, 6.07) is 21.5. The van der Waals surface area contributed by atoms with Gasteiger partial charge in [0, 0.05) is 19.5 Å². The maximum atomic E-state index is 13.7. The average molecular weight is 427 g/mol. The van der Waals surface area contributed by atoms with Gasteiger partial charge in [0.25, 0.3) is 0 Å². The number of benzene rings is 2. The Morgan fingerprint density at radius 2 is 1.65 bits per heavy atom. The van der Waals surface area contributed by atoms with Crippen LogP contribution in [0.1, 0.15) is 68.6 Å². The first-order valence-electron chi connectivity index (χ1n) is 11.4. The van der Waals surface area contributed by atoms with Gasteiger partial charge in [0.2, 0.25) is 0 Å². The number of aryl methyl sites for hydroxylation is 1. The second kappa shape index (κ2) is 13.2. The summed E-state index contributed by atoms with van der Waals surface area (Å²) in [6.45, 7) is 4.66. The van der Waals surface area contributed by atoms with E-state index >= 15 is 0 Å². The lowest BCUT2D eigenvalue weighted by molar-refractivity contribution is 0.108. The predicted molar refractivity (Wildman–Crippen MR) is 124 cm³/mol. The van der Waals surface area contributed by atoms with Gasteiger partial charge in [-0.3, -0.25) is 4.90 Å². The Morgan fingerprint density at radius 1 is 1.00 bits per heavy atom. The fraction of sp³-hybridized carbons (Fsp3) is 0.519. The van der Waals surface area contributed by atoms with Crippen molar-refractivity contribution in [3.8, 4) is 6.07 Å². The van der Waals surface area contributed by atoms with Crippen molar-refractivity contribution in [2.24, 2.45) is 0 Å². The molecule has 2 nitrogen and oxygen atoms in total. The Labute approximate surface area is 186 Å². The molecule has 0 spiro atoms. The second-order valence-electron chi connectivity index (χ2n) is 8.51. The Kier molecular flexibility index (Phi) is 10.7. The molecule has 1 fully saturated rings. The molecule has 1 aliphatic rings. The molecule has 1 aliphatic carbocycles. The molecule has 0 aliphatic heterocycles. The van der Waals surface area contributed by atoms with Crippen LogP contribution in [0.25, 0.3) is 0 Å². The van der Waals surface area contributed by atoms with Gasteiger partial charge in [0.15, 0.2) is 0 Å². The van der Waals surface area contributed by atoms with E-state index in [0.29, 0.717) is 18.9 Å². The molecule has 0 bridgehead atoms. The molecule has 3 rings (SSSR count). The molecule has 4 heteroatoms. The van der Waals surface area contributed by atoms with Gasteiger partial charge in [0.1, 0.15) is 12.3 Å². The van der Waals surface area contributed by atoms with Gasteiger partial charge >= 0.3 is 0 Å². The van der Waals surface area contributed by atoms with E-state index in [4.69, 9.17) is 5.26 Å². The lowest BCUT2D eigenvalue weighted by Crippen LogP contribution is -2.31. The SMILES string of the molecule is CC#N.CCC(CCc1ccc(C2CCC(F)C(F)C2)cc1)N(C)Cc1ccccc1. The van der Waals surface area contributed by atoms with Crippen LogP contribution in [0.15, 0.2) is 54.6 Å². The van der Waals surface area contributed by atoms with Gasteiger partial charge in [-0.2, -0.15) is 5.26 Å². The van der Waals surface area contributed by atoms with Crippen LogP contribution in [-0.2, 0) is 13.0 Å². The number of nitriles is 1. The van der Waals surface area contributed by atoms with E-state index in [1.54, 1.807) is 6.07 Å². The lowest BCUT2D eigenvalue weighted by Gasteiger charge is -2.28. The minimum atomic E-state index is -1.30. The molecule has 0 aromatic heterocycles. The molecule has 2 aromatic rings. The Bertz CT molecular complexity index is 785. The number of halogens is 2. The monoisotopic (exact) mass is 426 g/mol. The summed E-state index contributed by atoms with van der Waals surface area (Å²) in [5.74, 6) is 0.163. The number of alkyl halides is 2. The van der Waals surface area contributed by atoms with Crippen LogP contribution in [0, 0.1) is 11.3 Å². The first-order valence-corrected chi connectivity index (χ1v) is 11.4. The zero-order valence-electron chi connectivity index (χ0n) is 19.1. The van der Waals surface area contributed by atoms with Gasteiger partial charge in [-0.1, -0.05) is 61.5 Å². The molecule has 2 aromatic carbocycles. The van der Waals surface area contributed by atoms with E-state index in [0.717, 1.165) is 37.8 Å². The van der Waals surface area contributed by atoms with Crippen molar-refractivity contribution in [1.29, 1.82) is 5.26 Å². The van der Waals surface area contributed by atoms with Crippen molar-refractivity contribution in [2.75, 3.05) is 7.05 Å². The van der Waals surface area contributed by atoms with Crippen LogP contribution in [0.2, 0.25) is 0 Å². The van der Waals surface area contributed by atoms with E-state index in [1.807, 2.05) is 0 Å². The molecule has 168 valence electrons. The van der Waals surface area contributed by atoms with Crippen LogP contribution in [-0.4, -0.2) is 30.3 Å². The van der Waals surface area contributed by atoms with Crippen LogP contribution in [0.3, 0.4) is 0 Å². The molecule has 0 amide bonds. The van der Waals surface area contributed by atoms with Crippen LogP contribution < -0.4 is 0 Å². The maximum absolute atomic E-state index is 13.7. The molecule has 0 N–H and O–H groups in total. The summed E-state index contributed by atoms with van der Waals surface area (Å²) in [7, 11) is 2.21. The molecular formula is C27H36F2N2. The Morgan fingerprint density at radius 3 is 2.23 bits per heavy atom. The summed E-state index contributed by atoms with van der Waals surface area (Å²) in [6.07, 6.45) is 2.15. The highest BCUT2D eigenvalue weighted by atomic mass is 19.2. The summed E-state index contributed by atoms with van der Waals surface area (Å²) in [4.78, 5) is 2.44. The fourth-order valence-corrected chi connectivity index (χ4v) is 4.41. The minimum Gasteiger partial charge on any atom is -0.299 e. The molecular weight excluding hydrogens is 390 g/mol. The topological polar surface area (TPSA) is 27.0 Å². The number of rotatable bonds is 8. The maximum Gasteiger partial charge on any atom is 0.132 e. The quantitative estimate of drug-likeness (QED) is 0.454. The van der Waals surface area contributed by atoms with Gasteiger partial charge in [-0.15, -0.1) is 0 Å². The number of nitrogens with zero attached hydrogens (tertiary/aromatic N) is 2. The molecule has 0 radical (unpaired) electrons. The Hall–Kier alpha value is -2.25. The summed E-state index contributed by atoms with van der Waals surface area (Å²) >= 11 is 0. The van der Waals surface area contributed by atoms with Crippen molar-refractivity contribution in [1.82, 2.24) is 4.90 Å². The first-order chi connectivity index (χ1) is 15.0. The lowest BCUT2D eigenvalue weighted by atomic mass is 9.82. The van der Waals surface area contributed by atoms with E-state index in [1.165, 1.54) is 18.1 Å². The first kappa shape index (κ1) is 25.0. The number of hydrogen-bond acceptors (Lipinski definition) is 2. The van der Waals surface area contributed by atoms with E-state index in [-0.39, 0.29) is 5.92 Å². The third-order valence-electron chi connectivity index (χ3n) is 6.28. The molecule has 4 unspecified atom stereocenters. The molecule has 1 saturated carbocycles. The van der Waals surface area contributed by atoms with Crippen LogP contribution in [0.5, 0.6) is 0 Å². The predicted octanol–water partition coefficient (Wildman–Crippen LogP) is 7.00. The zero-order valence-corrected chi connectivity index (χ0v) is 19.1. The van der Waals surface area contributed by atoms with Gasteiger partial charge in [-0.05, 0) is 68.2 Å². The summed E-state index contributed by atoms with van der Waals surface area (Å²) in [5, 5.41) is 7.32. The van der Waals surface area contributed by atoms with Crippen molar-refractivity contribution in [2.45, 2.75) is 83.2 Å². The van der Waals surface area contributed by atoms with Crippen molar-refractivity contribution < 1.29 is 8.78 Å². The third-order valence-corrected chi connectivity index (χ3v) is 6.28. The zero-order chi connectivity index (χ0) is 22.6.